The highest BCUT2D eigenvalue weighted by Gasteiger charge is 2.21. The number of likely N-dealkylation sites (tertiary alicyclic amines) is 1. The fraction of sp³-hybridized carbons (Fsp3) is 0.409. The van der Waals surface area contributed by atoms with Crippen LogP contribution in [-0.2, 0) is 6.42 Å². The Kier molecular flexibility index (Phi) is 4.54. The number of hydrogen-bond acceptors (Lipinski definition) is 5. The SMILES string of the molecule is Cc1cnc2c(F)cc(C3=CCc4nc(NCC5CCN(C)CC5)ncc43)cn12.[HH]. The van der Waals surface area contributed by atoms with Crippen LogP contribution in [0.3, 0.4) is 0 Å². The van der Waals surface area contributed by atoms with Crippen LogP contribution in [0.4, 0.5) is 10.3 Å². The zero-order valence-electron chi connectivity index (χ0n) is 16.8. The van der Waals surface area contributed by atoms with E-state index in [9.17, 15) is 4.39 Å². The number of nitrogens with zero attached hydrogens (tertiary/aromatic N) is 5. The van der Waals surface area contributed by atoms with Gasteiger partial charge >= 0.3 is 0 Å². The monoisotopic (exact) mass is 394 g/mol. The van der Waals surface area contributed by atoms with E-state index in [0.29, 0.717) is 17.5 Å². The number of imidazole rings is 1. The molecule has 0 atom stereocenters. The molecule has 0 amide bonds. The van der Waals surface area contributed by atoms with E-state index in [2.05, 4.69) is 33.3 Å². The van der Waals surface area contributed by atoms with E-state index in [1.54, 1.807) is 16.7 Å². The largest absolute Gasteiger partial charge is 0.354 e. The van der Waals surface area contributed by atoms with Gasteiger partial charge in [0.05, 0.1) is 5.69 Å². The summed E-state index contributed by atoms with van der Waals surface area (Å²) in [7, 11) is 2.18. The molecule has 0 bridgehead atoms. The number of fused-ring (bicyclic) bond motifs is 2. The highest BCUT2D eigenvalue weighted by atomic mass is 19.1. The Morgan fingerprint density at radius 1 is 1.24 bits per heavy atom. The first-order valence-corrected chi connectivity index (χ1v) is 10.2. The predicted molar refractivity (Wildman–Crippen MR) is 114 cm³/mol. The van der Waals surface area contributed by atoms with E-state index in [-0.39, 0.29) is 7.24 Å². The molecule has 0 aromatic carbocycles. The second-order valence-electron chi connectivity index (χ2n) is 8.17. The number of rotatable bonds is 4. The maximum atomic E-state index is 14.5. The summed E-state index contributed by atoms with van der Waals surface area (Å²) in [5, 5.41) is 3.41. The van der Waals surface area contributed by atoms with Gasteiger partial charge in [-0.25, -0.2) is 19.3 Å². The molecular formula is C22H27FN6. The number of aromatic nitrogens is 4. The van der Waals surface area contributed by atoms with Gasteiger partial charge < -0.3 is 14.6 Å². The first-order chi connectivity index (χ1) is 14.1. The number of allylic oxidation sites excluding steroid dienone is 1. The number of piperidine rings is 1. The highest BCUT2D eigenvalue weighted by molar-refractivity contribution is 5.84. The van der Waals surface area contributed by atoms with Crippen LogP contribution in [0.2, 0.25) is 0 Å². The predicted octanol–water partition coefficient (Wildman–Crippen LogP) is 3.56. The van der Waals surface area contributed by atoms with Crippen LogP contribution in [0.1, 0.15) is 36.8 Å². The van der Waals surface area contributed by atoms with E-state index in [0.717, 1.165) is 54.1 Å². The van der Waals surface area contributed by atoms with Crippen molar-refractivity contribution < 1.29 is 5.82 Å². The fourth-order valence-corrected chi connectivity index (χ4v) is 4.28. The molecule has 7 heteroatoms. The zero-order chi connectivity index (χ0) is 20.0. The van der Waals surface area contributed by atoms with Crippen LogP contribution in [0, 0.1) is 18.7 Å². The van der Waals surface area contributed by atoms with Crippen molar-refractivity contribution in [2.75, 3.05) is 32.0 Å². The third kappa shape index (κ3) is 3.40. The van der Waals surface area contributed by atoms with Gasteiger partial charge in [0.2, 0.25) is 5.95 Å². The minimum atomic E-state index is -0.317. The van der Waals surface area contributed by atoms with Gasteiger partial charge in [0.1, 0.15) is 0 Å². The molecule has 1 aliphatic heterocycles. The fourth-order valence-electron chi connectivity index (χ4n) is 4.28. The average molecular weight is 394 g/mol. The van der Waals surface area contributed by atoms with E-state index < -0.39 is 0 Å². The van der Waals surface area contributed by atoms with Gasteiger partial charge in [-0.05, 0) is 57.5 Å². The van der Waals surface area contributed by atoms with Gasteiger partial charge in [-0.1, -0.05) is 6.08 Å². The number of anilines is 1. The second-order valence-corrected chi connectivity index (χ2v) is 8.17. The lowest BCUT2D eigenvalue weighted by Gasteiger charge is -2.28. The normalized spacial score (nSPS) is 17.6. The van der Waals surface area contributed by atoms with Gasteiger partial charge in [-0.15, -0.1) is 0 Å². The Morgan fingerprint density at radius 3 is 2.90 bits per heavy atom. The first kappa shape index (κ1) is 18.2. The van der Waals surface area contributed by atoms with E-state index in [1.165, 1.54) is 12.8 Å². The van der Waals surface area contributed by atoms with E-state index >= 15 is 0 Å². The van der Waals surface area contributed by atoms with Crippen LogP contribution < -0.4 is 5.32 Å². The van der Waals surface area contributed by atoms with Gasteiger partial charge in [-0.3, -0.25) is 0 Å². The van der Waals surface area contributed by atoms with Crippen molar-refractivity contribution in [3.05, 3.63) is 59.1 Å². The molecule has 152 valence electrons. The molecule has 0 radical (unpaired) electrons. The van der Waals surface area contributed by atoms with Crippen molar-refractivity contribution in [3.8, 4) is 0 Å². The summed E-state index contributed by atoms with van der Waals surface area (Å²) in [6, 6.07) is 1.55. The van der Waals surface area contributed by atoms with Gasteiger partial charge in [0, 0.05) is 49.8 Å². The number of aryl methyl sites for hydroxylation is 1. The molecule has 5 rings (SSSR count). The van der Waals surface area contributed by atoms with Crippen LogP contribution in [0.5, 0.6) is 0 Å². The quantitative estimate of drug-likeness (QED) is 0.733. The Bertz CT molecular complexity index is 1100. The molecule has 0 spiro atoms. The Balaban J connectivity index is 0.00000218. The Labute approximate surface area is 171 Å². The minimum Gasteiger partial charge on any atom is -0.354 e. The summed E-state index contributed by atoms with van der Waals surface area (Å²) in [5.74, 6) is 1.04. The topological polar surface area (TPSA) is 58.4 Å². The second kappa shape index (κ2) is 7.22. The average Bonchev–Trinajstić information content (AvgIpc) is 3.31. The van der Waals surface area contributed by atoms with Gasteiger partial charge in [-0.2, -0.15) is 0 Å². The molecule has 0 saturated carbocycles. The smallest absolute Gasteiger partial charge is 0.222 e. The molecule has 1 fully saturated rings. The lowest BCUT2D eigenvalue weighted by molar-refractivity contribution is 0.226. The maximum Gasteiger partial charge on any atom is 0.222 e. The number of nitrogens with one attached hydrogen (secondary N) is 1. The molecule has 4 heterocycles. The summed E-state index contributed by atoms with van der Waals surface area (Å²) in [6.45, 7) is 5.14. The summed E-state index contributed by atoms with van der Waals surface area (Å²) < 4.78 is 16.3. The molecule has 6 nitrogen and oxygen atoms in total. The summed E-state index contributed by atoms with van der Waals surface area (Å²) >= 11 is 0. The maximum absolute atomic E-state index is 14.5. The molecule has 1 N–H and O–H groups in total. The number of hydrogen-bond donors (Lipinski definition) is 1. The standard InChI is InChI=1S/C22H25FN6.H2/c1-14-10-24-21-19(23)9-16(13-29(14)21)17-3-4-20-18(17)12-26-22(27-20)25-11-15-5-7-28(2)8-6-15;/h3,9-10,12-13,15H,4-8,11H2,1-2H3,(H,25,26,27);1H. The van der Waals surface area contributed by atoms with Crippen LogP contribution in [0.25, 0.3) is 11.2 Å². The number of pyridine rings is 1. The van der Waals surface area contributed by atoms with E-state index in [1.807, 2.05) is 19.3 Å². The van der Waals surface area contributed by atoms with Crippen LogP contribution in [0.15, 0.2) is 30.7 Å². The van der Waals surface area contributed by atoms with Crippen molar-refractivity contribution in [1.82, 2.24) is 24.3 Å². The van der Waals surface area contributed by atoms with Crippen molar-refractivity contribution in [2.45, 2.75) is 26.2 Å². The van der Waals surface area contributed by atoms with E-state index in [4.69, 9.17) is 4.98 Å². The lowest BCUT2D eigenvalue weighted by atomic mass is 9.97. The van der Waals surface area contributed by atoms with Crippen LogP contribution in [-0.4, -0.2) is 50.9 Å². The molecule has 1 aliphatic carbocycles. The Morgan fingerprint density at radius 2 is 2.07 bits per heavy atom. The third-order valence-corrected chi connectivity index (χ3v) is 6.10. The minimum absolute atomic E-state index is 0. The summed E-state index contributed by atoms with van der Waals surface area (Å²) in [5.41, 5.74) is 5.04. The molecule has 1 saturated heterocycles. The van der Waals surface area contributed by atoms with Crippen molar-refractivity contribution >= 4 is 17.2 Å². The third-order valence-electron chi connectivity index (χ3n) is 6.10. The molecular weight excluding hydrogens is 367 g/mol. The van der Waals surface area contributed by atoms with Gasteiger partial charge in [0.15, 0.2) is 11.5 Å². The molecule has 29 heavy (non-hydrogen) atoms. The molecule has 3 aromatic rings. The summed E-state index contributed by atoms with van der Waals surface area (Å²) in [4.78, 5) is 15.8. The number of halogens is 1. The Hall–Kier alpha value is -2.80. The molecule has 3 aromatic heterocycles. The highest BCUT2D eigenvalue weighted by Crippen LogP contribution is 2.32. The summed E-state index contributed by atoms with van der Waals surface area (Å²) in [6.07, 6.45) is 10.7. The zero-order valence-corrected chi connectivity index (χ0v) is 16.8. The van der Waals surface area contributed by atoms with Crippen LogP contribution >= 0.6 is 0 Å². The lowest BCUT2D eigenvalue weighted by Crippen LogP contribution is -2.33. The van der Waals surface area contributed by atoms with Crippen molar-refractivity contribution in [3.63, 3.8) is 0 Å². The van der Waals surface area contributed by atoms with Crippen molar-refractivity contribution in [1.29, 1.82) is 0 Å². The first-order valence-electron chi connectivity index (χ1n) is 10.2. The molecule has 0 unspecified atom stereocenters. The molecule has 2 aliphatic rings. The van der Waals surface area contributed by atoms with Crippen molar-refractivity contribution in [2.24, 2.45) is 5.92 Å². The van der Waals surface area contributed by atoms with Gasteiger partial charge in [0.25, 0.3) is 0 Å².